The molecule has 0 saturated carbocycles. The molecule has 27 heavy (non-hydrogen) atoms. The average Bonchev–Trinajstić information content (AvgIpc) is 3.18. The summed E-state index contributed by atoms with van der Waals surface area (Å²) in [7, 11) is 1.70. The molecular formula is C18H17N7O2. The lowest BCUT2D eigenvalue weighted by molar-refractivity contribution is 0.102. The van der Waals surface area contributed by atoms with Crippen LogP contribution < -0.4 is 10.9 Å². The summed E-state index contributed by atoms with van der Waals surface area (Å²) < 4.78 is 2.91. The molecule has 9 nitrogen and oxygen atoms in total. The molecule has 0 spiro atoms. The fourth-order valence-corrected chi connectivity index (χ4v) is 2.76. The fourth-order valence-electron chi connectivity index (χ4n) is 2.76. The van der Waals surface area contributed by atoms with E-state index in [4.69, 9.17) is 0 Å². The molecule has 3 heterocycles. The van der Waals surface area contributed by atoms with Crippen LogP contribution in [0.5, 0.6) is 0 Å². The highest BCUT2D eigenvalue weighted by Gasteiger charge is 2.16. The van der Waals surface area contributed by atoms with E-state index in [0.717, 1.165) is 5.56 Å². The summed E-state index contributed by atoms with van der Waals surface area (Å²) in [4.78, 5) is 32.0. The number of nitrogens with zero attached hydrogens (tertiary/aromatic N) is 5. The van der Waals surface area contributed by atoms with Gasteiger partial charge in [0.1, 0.15) is 11.2 Å². The number of carbonyl (C=O) groups excluding carboxylic acids is 1. The third kappa shape index (κ3) is 2.99. The van der Waals surface area contributed by atoms with Crippen molar-refractivity contribution in [3.05, 3.63) is 63.7 Å². The van der Waals surface area contributed by atoms with E-state index in [1.165, 1.54) is 15.6 Å². The number of amides is 1. The van der Waals surface area contributed by atoms with Crippen molar-refractivity contribution in [2.75, 3.05) is 5.32 Å². The van der Waals surface area contributed by atoms with E-state index in [1.807, 2.05) is 19.1 Å². The predicted octanol–water partition coefficient (Wildman–Crippen LogP) is 1.71. The number of aromatic nitrogens is 6. The van der Waals surface area contributed by atoms with Crippen LogP contribution >= 0.6 is 0 Å². The van der Waals surface area contributed by atoms with E-state index in [0.29, 0.717) is 28.1 Å². The minimum Gasteiger partial charge on any atom is -0.306 e. The van der Waals surface area contributed by atoms with Crippen LogP contribution in [-0.4, -0.2) is 35.4 Å². The van der Waals surface area contributed by atoms with Gasteiger partial charge in [0.2, 0.25) is 5.95 Å². The lowest BCUT2D eigenvalue weighted by Gasteiger charge is -2.08. The quantitative estimate of drug-likeness (QED) is 0.576. The van der Waals surface area contributed by atoms with Crippen molar-refractivity contribution in [1.29, 1.82) is 0 Å². The predicted molar refractivity (Wildman–Crippen MR) is 100 cm³/mol. The number of benzene rings is 1. The number of hydrogen-bond acceptors (Lipinski definition) is 5. The zero-order valence-electron chi connectivity index (χ0n) is 15.0. The Balaban J connectivity index is 1.75. The zero-order valence-corrected chi connectivity index (χ0v) is 15.0. The topological polar surface area (TPSA) is 110 Å². The average molecular weight is 363 g/mol. The highest BCUT2D eigenvalue weighted by Crippen LogP contribution is 2.16. The Morgan fingerprint density at radius 1 is 1.19 bits per heavy atom. The Morgan fingerprint density at radius 2 is 1.93 bits per heavy atom. The Labute approximate surface area is 153 Å². The molecule has 0 aliphatic rings. The first-order valence-corrected chi connectivity index (χ1v) is 8.29. The van der Waals surface area contributed by atoms with Crippen molar-refractivity contribution in [2.24, 2.45) is 7.05 Å². The van der Waals surface area contributed by atoms with Gasteiger partial charge in [0.15, 0.2) is 5.65 Å². The van der Waals surface area contributed by atoms with Gasteiger partial charge in [-0.2, -0.15) is 19.9 Å². The third-order valence-corrected chi connectivity index (χ3v) is 4.18. The van der Waals surface area contributed by atoms with E-state index >= 15 is 0 Å². The summed E-state index contributed by atoms with van der Waals surface area (Å²) in [5.74, 6) is 0.325. The van der Waals surface area contributed by atoms with Gasteiger partial charge in [0.05, 0.1) is 11.9 Å². The van der Waals surface area contributed by atoms with E-state index in [9.17, 15) is 9.59 Å². The second kappa shape index (κ2) is 6.20. The number of anilines is 1. The number of fused-ring (bicyclic) bond motifs is 1. The normalized spacial score (nSPS) is 11.1. The van der Waals surface area contributed by atoms with Crippen LogP contribution in [0.3, 0.4) is 0 Å². The third-order valence-electron chi connectivity index (χ3n) is 4.18. The summed E-state index contributed by atoms with van der Waals surface area (Å²) in [5.41, 5.74) is 2.36. The fraction of sp³-hybridized carbons (Fsp3) is 0.167. The number of aryl methyl sites for hydroxylation is 3. The minimum atomic E-state index is -0.327. The first-order valence-electron chi connectivity index (χ1n) is 8.29. The van der Waals surface area contributed by atoms with Crippen LogP contribution in [0.4, 0.5) is 5.82 Å². The standard InChI is InChI=1S/C18H17N7O2/c1-10-4-6-12(7-5-10)16(26)20-14-8-11(2)23-25(14)18-21-15-13(17(27)22-18)9-19-24(15)3/h4-9H,1-3H3,(H,20,26)(H,21,22,27). The van der Waals surface area contributed by atoms with Crippen LogP contribution in [0.2, 0.25) is 0 Å². The molecule has 4 aromatic rings. The van der Waals surface area contributed by atoms with Gasteiger partial charge < -0.3 is 5.32 Å². The van der Waals surface area contributed by atoms with Gasteiger partial charge in [-0.05, 0) is 26.0 Å². The molecule has 0 saturated heterocycles. The number of carbonyl (C=O) groups is 1. The van der Waals surface area contributed by atoms with E-state index in [1.54, 1.807) is 32.2 Å². The summed E-state index contributed by atoms with van der Waals surface area (Å²) in [5, 5.41) is 11.6. The van der Waals surface area contributed by atoms with Crippen molar-refractivity contribution in [1.82, 2.24) is 29.5 Å². The van der Waals surface area contributed by atoms with Gasteiger partial charge >= 0.3 is 0 Å². The molecule has 4 rings (SSSR count). The summed E-state index contributed by atoms with van der Waals surface area (Å²) in [6, 6.07) is 8.94. The molecule has 0 aliphatic carbocycles. The molecule has 136 valence electrons. The minimum absolute atomic E-state index is 0.198. The smallest absolute Gasteiger partial charge is 0.263 e. The molecule has 9 heteroatoms. The van der Waals surface area contributed by atoms with Crippen LogP contribution in [-0.2, 0) is 7.05 Å². The molecule has 0 radical (unpaired) electrons. The molecule has 3 aromatic heterocycles. The number of rotatable bonds is 3. The Kier molecular flexibility index (Phi) is 3.84. The van der Waals surface area contributed by atoms with Gasteiger partial charge in [-0.1, -0.05) is 17.7 Å². The highest BCUT2D eigenvalue weighted by atomic mass is 16.2. The first-order chi connectivity index (χ1) is 12.9. The maximum absolute atomic E-state index is 12.6. The van der Waals surface area contributed by atoms with Crippen molar-refractivity contribution in [2.45, 2.75) is 13.8 Å². The van der Waals surface area contributed by atoms with E-state index < -0.39 is 0 Å². The Bertz CT molecular complexity index is 1210. The van der Waals surface area contributed by atoms with Crippen molar-refractivity contribution >= 4 is 22.8 Å². The molecule has 0 unspecified atom stereocenters. The van der Waals surface area contributed by atoms with Crippen molar-refractivity contribution in [3.8, 4) is 5.95 Å². The monoisotopic (exact) mass is 363 g/mol. The number of aromatic amines is 1. The summed E-state index contributed by atoms with van der Waals surface area (Å²) in [6.45, 7) is 3.75. The maximum atomic E-state index is 12.6. The number of hydrogen-bond donors (Lipinski definition) is 2. The Hall–Kier alpha value is -3.75. The molecule has 0 fully saturated rings. The molecule has 2 N–H and O–H groups in total. The van der Waals surface area contributed by atoms with Gasteiger partial charge in [-0.3, -0.25) is 19.3 Å². The number of nitrogens with one attached hydrogen (secondary N) is 2. The lowest BCUT2D eigenvalue weighted by atomic mass is 10.1. The SMILES string of the molecule is Cc1ccc(C(=O)Nc2cc(C)nn2-c2nc3c(cnn3C)c(=O)[nH]2)cc1. The van der Waals surface area contributed by atoms with E-state index in [-0.39, 0.29) is 17.4 Å². The first kappa shape index (κ1) is 16.7. The molecule has 0 aliphatic heterocycles. The summed E-state index contributed by atoms with van der Waals surface area (Å²) in [6.07, 6.45) is 1.46. The summed E-state index contributed by atoms with van der Waals surface area (Å²) >= 11 is 0. The molecular weight excluding hydrogens is 346 g/mol. The Morgan fingerprint density at radius 3 is 2.67 bits per heavy atom. The maximum Gasteiger partial charge on any atom is 0.263 e. The molecule has 0 atom stereocenters. The van der Waals surface area contributed by atoms with Gasteiger partial charge in [0.25, 0.3) is 11.5 Å². The second-order valence-electron chi connectivity index (χ2n) is 6.30. The van der Waals surface area contributed by atoms with Crippen LogP contribution in [0.1, 0.15) is 21.6 Å². The van der Waals surface area contributed by atoms with Crippen LogP contribution in [0.15, 0.2) is 41.3 Å². The van der Waals surface area contributed by atoms with Gasteiger partial charge in [-0.25, -0.2) is 0 Å². The van der Waals surface area contributed by atoms with Crippen molar-refractivity contribution in [3.63, 3.8) is 0 Å². The van der Waals surface area contributed by atoms with Crippen LogP contribution in [0.25, 0.3) is 17.0 Å². The largest absolute Gasteiger partial charge is 0.306 e. The second-order valence-corrected chi connectivity index (χ2v) is 6.30. The lowest BCUT2D eigenvalue weighted by Crippen LogP contribution is -2.19. The van der Waals surface area contributed by atoms with E-state index in [2.05, 4.69) is 25.5 Å². The van der Waals surface area contributed by atoms with Crippen LogP contribution in [0, 0.1) is 13.8 Å². The van der Waals surface area contributed by atoms with Gasteiger partial charge in [-0.15, -0.1) is 0 Å². The van der Waals surface area contributed by atoms with Gasteiger partial charge in [0, 0.05) is 18.7 Å². The molecule has 1 aromatic carbocycles. The van der Waals surface area contributed by atoms with Crippen molar-refractivity contribution < 1.29 is 4.79 Å². The zero-order chi connectivity index (χ0) is 19.1. The number of H-pyrrole nitrogens is 1. The molecule has 0 bridgehead atoms. The molecule has 1 amide bonds. The highest BCUT2D eigenvalue weighted by molar-refractivity contribution is 6.04.